The minimum atomic E-state index is -0.473. The van der Waals surface area contributed by atoms with E-state index in [1.165, 1.54) is 6.07 Å². The topological polar surface area (TPSA) is 95.1 Å². The first-order valence-electron chi connectivity index (χ1n) is 13.4. The van der Waals surface area contributed by atoms with Crippen LogP contribution in [0.3, 0.4) is 0 Å². The number of nitrogens with zero attached hydrogens (tertiary/aromatic N) is 2. The number of hydrogen-bond acceptors (Lipinski definition) is 6. The number of anilines is 2. The Balaban J connectivity index is 1.93. The van der Waals surface area contributed by atoms with Crippen LogP contribution in [0.1, 0.15) is 52.0 Å². The van der Waals surface area contributed by atoms with Crippen LogP contribution in [0.2, 0.25) is 0 Å². The molecule has 0 aliphatic rings. The third-order valence-corrected chi connectivity index (χ3v) is 5.89. The van der Waals surface area contributed by atoms with Crippen molar-refractivity contribution in [3.05, 3.63) is 54.4 Å². The van der Waals surface area contributed by atoms with Gasteiger partial charge in [0.05, 0.1) is 17.9 Å². The van der Waals surface area contributed by atoms with Gasteiger partial charge in [0, 0.05) is 54.9 Å². The molecule has 0 fully saturated rings. The Morgan fingerprint density at radius 3 is 2.46 bits per heavy atom. The molecule has 0 radical (unpaired) electrons. The number of nitrogens with one attached hydrogen (secondary N) is 3. The van der Waals surface area contributed by atoms with Crippen LogP contribution in [0.5, 0.6) is 5.75 Å². The molecular formula is C30H42FN5O3. The fourth-order valence-corrected chi connectivity index (χ4v) is 3.84. The molecule has 0 spiro atoms. The van der Waals surface area contributed by atoms with Crippen LogP contribution in [0, 0.1) is 11.7 Å². The van der Waals surface area contributed by atoms with Gasteiger partial charge in [-0.3, -0.25) is 4.99 Å². The number of unbranched alkanes of at least 4 members (excludes halogenated alkanes) is 1. The third kappa shape index (κ3) is 11.7. The highest BCUT2D eigenvalue weighted by Gasteiger charge is 2.15. The lowest BCUT2D eigenvalue weighted by molar-refractivity contribution is -0.108. The number of rotatable bonds is 17. The molecule has 2 aromatic carbocycles. The number of carbonyl (C=O) groups excluding carboxylic acids is 2. The Kier molecular flexibility index (Phi) is 13.7. The molecule has 0 aliphatic heterocycles. The van der Waals surface area contributed by atoms with Crippen molar-refractivity contribution in [2.24, 2.45) is 10.9 Å². The summed E-state index contributed by atoms with van der Waals surface area (Å²) < 4.78 is 20.9. The molecule has 0 bridgehead atoms. The number of hydrogen-bond donors (Lipinski definition) is 3. The first kappa shape index (κ1) is 31.5. The predicted octanol–water partition coefficient (Wildman–Crippen LogP) is 6.48. The van der Waals surface area contributed by atoms with Gasteiger partial charge >= 0.3 is 6.03 Å². The molecule has 0 unspecified atom stereocenters. The summed E-state index contributed by atoms with van der Waals surface area (Å²) in [5.41, 5.74) is 2.35. The maximum atomic E-state index is 15.1. The van der Waals surface area contributed by atoms with Gasteiger partial charge < -0.3 is 30.4 Å². The molecule has 3 N–H and O–H groups in total. The minimum absolute atomic E-state index is 0.264. The minimum Gasteiger partial charge on any atom is -0.493 e. The molecule has 8 nitrogen and oxygen atoms in total. The smallest absolute Gasteiger partial charge is 0.319 e. The maximum absolute atomic E-state index is 15.1. The molecule has 9 heteroatoms. The van der Waals surface area contributed by atoms with Crippen molar-refractivity contribution in [1.82, 2.24) is 10.2 Å². The Morgan fingerprint density at radius 1 is 1.13 bits per heavy atom. The summed E-state index contributed by atoms with van der Waals surface area (Å²) in [5, 5.41) is 8.73. The first-order valence-corrected chi connectivity index (χ1v) is 13.4. The number of urea groups is 1. The molecule has 2 amide bonds. The lowest BCUT2D eigenvalue weighted by Gasteiger charge is -2.17. The van der Waals surface area contributed by atoms with Crippen LogP contribution in [0.15, 0.2) is 48.0 Å². The number of carbonyl (C=O) groups is 2. The molecule has 0 saturated carbocycles. The number of ether oxygens (including phenoxy) is 1. The van der Waals surface area contributed by atoms with E-state index in [0.717, 1.165) is 32.1 Å². The zero-order chi connectivity index (χ0) is 28.6. The monoisotopic (exact) mass is 539 g/mol. The number of benzene rings is 2. The molecule has 2 rings (SSSR count). The van der Waals surface area contributed by atoms with Crippen molar-refractivity contribution >= 4 is 41.3 Å². The van der Waals surface area contributed by atoms with Crippen molar-refractivity contribution in [3.8, 4) is 5.75 Å². The van der Waals surface area contributed by atoms with Gasteiger partial charge in [-0.25, -0.2) is 9.18 Å². The van der Waals surface area contributed by atoms with E-state index in [9.17, 15) is 9.59 Å². The second kappa shape index (κ2) is 17.0. The Labute approximate surface area is 231 Å². The van der Waals surface area contributed by atoms with Gasteiger partial charge in [-0.15, -0.1) is 0 Å². The van der Waals surface area contributed by atoms with Crippen LogP contribution in [0.25, 0.3) is 5.70 Å². The summed E-state index contributed by atoms with van der Waals surface area (Å²) in [6, 6.07) is 9.81. The number of aldehydes is 1. The van der Waals surface area contributed by atoms with E-state index in [4.69, 9.17) is 4.74 Å². The fourth-order valence-electron chi connectivity index (χ4n) is 3.84. The summed E-state index contributed by atoms with van der Waals surface area (Å²) in [6.45, 7) is 12.6. The van der Waals surface area contributed by atoms with E-state index in [1.54, 1.807) is 43.5 Å². The van der Waals surface area contributed by atoms with E-state index in [0.29, 0.717) is 60.5 Å². The predicted molar refractivity (Wildman–Crippen MR) is 159 cm³/mol. The fraction of sp³-hybridized carbons (Fsp3) is 0.433. The molecule has 0 heterocycles. The molecule has 0 atom stereocenters. The zero-order valence-corrected chi connectivity index (χ0v) is 23.6. The average Bonchev–Trinajstić information content (AvgIpc) is 2.88. The normalized spacial score (nSPS) is 11.2. The number of halogens is 1. The largest absolute Gasteiger partial charge is 0.493 e. The van der Waals surface area contributed by atoms with Crippen LogP contribution in [-0.4, -0.2) is 56.7 Å². The van der Waals surface area contributed by atoms with Crippen LogP contribution >= 0.6 is 0 Å². The van der Waals surface area contributed by atoms with Crippen LogP contribution < -0.4 is 20.7 Å². The Hall–Kier alpha value is -3.72. The van der Waals surface area contributed by atoms with Crippen molar-refractivity contribution in [1.29, 1.82) is 0 Å². The van der Waals surface area contributed by atoms with Crippen molar-refractivity contribution in [3.63, 3.8) is 0 Å². The van der Waals surface area contributed by atoms with E-state index < -0.39 is 5.82 Å². The number of aliphatic imine (C=N–C) groups is 1. The molecule has 0 saturated heterocycles. The van der Waals surface area contributed by atoms with Gasteiger partial charge in [0.15, 0.2) is 0 Å². The standard InChI is InChI=1S/C30H42FN5O3/c1-6-32-28-21-26(39-19-9-10-22(2)3)20-27(31)29(28)23(4)34-24-11-13-25(14-12-24)35-30(38)33-15-17-36(5)16-7-8-18-37/h6,11-14,18,20-22,34H,4,7-10,15-17,19H2,1-3,5H3,(H2,33,35,38). The summed E-state index contributed by atoms with van der Waals surface area (Å²) in [5.74, 6) is 0.554. The van der Waals surface area contributed by atoms with Gasteiger partial charge in [-0.05, 0) is 70.0 Å². The maximum Gasteiger partial charge on any atom is 0.319 e. The Morgan fingerprint density at radius 2 is 1.82 bits per heavy atom. The second-order valence-corrected chi connectivity index (χ2v) is 9.75. The highest BCUT2D eigenvalue weighted by molar-refractivity contribution is 5.90. The highest BCUT2D eigenvalue weighted by atomic mass is 19.1. The van der Waals surface area contributed by atoms with E-state index >= 15 is 4.39 Å². The third-order valence-electron chi connectivity index (χ3n) is 5.89. The van der Waals surface area contributed by atoms with Gasteiger partial charge in [-0.1, -0.05) is 20.4 Å². The number of likely N-dealkylation sites (N-methyl/N-ethyl adjacent to an activating group) is 1. The van der Waals surface area contributed by atoms with E-state index in [2.05, 4.69) is 46.3 Å². The van der Waals surface area contributed by atoms with Gasteiger partial charge in [0.2, 0.25) is 0 Å². The molecule has 0 aliphatic carbocycles. The van der Waals surface area contributed by atoms with Gasteiger partial charge in [-0.2, -0.15) is 0 Å². The molecule has 212 valence electrons. The molecule has 39 heavy (non-hydrogen) atoms. The molecular weight excluding hydrogens is 497 g/mol. The number of amides is 2. The van der Waals surface area contributed by atoms with Crippen LogP contribution in [-0.2, 0) is 4.79 Å². The first-order chi connectivity index (χ1) is 18.7. The second-order valence-electron chi connectivity index (χ2n) is 9.75. The molecule has 0 aromatic heterocycles. The lowest BCUT2D eigenvalue weighted by atomic mass is 10.1. The van der Waals surface area contributed by atoms with E-state index in [-0.39, 0.29) is 11.6 Å². The van der Waals surface area contributed by atoms with Crippen molar-refractivity contribution in [2.75, 3.05) is 43.9 Å². The summed E-state index contributed by atoms with van der Waals surface area (Å²) in [6.07, 6.45) is 5.80. The highest BCUT2D eigenvalue weighted by Crippen LogP contribution is 2.33. The van der Waals surface area contributed by atoms with Gasteiger partial charge in [0.25, 0.3) is 0 Å². The van der Waals surface area contributed by atoms with Crippen LogP contribution in [0.4, 0.5) is 26.2 Å². The zero-order valence-electron chi connectivity index (χ0n) is 23.6. The van der Waals surface area contributed by atoms with E-state index in [1.807, 2.05) is 7.05 Å². The van der Waals surface area contributed by atoms with Gasteiger partial charge in [0.1, 0.15) is 17.9 Å². The summed E-state index contributed by atoms with van der Waals surface area (Å²) >= 11 is 0. The SMILES string of the molecule is C=C(Nc1ccc(NC(=O)NCCN(C)CCCC=O)cc1)c1c(F)cc(OCCCC(C)C)cc1N=CC. The summed E-state index contributed by atoms with van der Waals surface area (Å²) in [4.78, 5) is 29.0. The van der Waals surface area contributed by atoms with Crippen molar-refractivity contribution < 1.29 is 18.7 Å². The quantitative estimate of drug-likeness (QED) is 0.122. The van der Waals surface area contributed by atoms with Crippen molar-refractivity contribution in [2.45, 2.75) is 46.5 Å². The lowest BCUT2D eigenvalue weighted by Crippen LogP contribution is -2.35. The molecule has 2 aromatic rings. The average molecular weight is 540 g/mol. The Bertz CT molecular complexity index is 1100. The summed E-state index contributed by atoms with van der Waals surface area (Å²) in [7, 11) is 1.95.